The van der Waals surface area contributed by atoms with E-state index in [9.17, 15) is 0 Å². The summed E-state index contributed by atoms with van der Waals surface area (Å²) in [4.78, 5) is 7.36. The summed E-state index contributed by atoms with van der Waals surface area (Å²) in [6.45, 7) is 4.63. The second-order valence-electron chi connectivity index (χ2n) is 7.82. The molecular weight excluding hydrogens is 356 g/mol. The Morgan fingerprint density at radius 2 is 1.69 bits per heavy atom. The third kappa shape index (κ3) is 3.87. The number of ether oxygens (including phenoxy) is 1. The fraction of sp³-hybridized carbons (Fsp3) is 0.192. The summed E-state index contributed by atoms with van der Waals surface area (Å²) in [7, 11) is 0. The lowest BCUT2D eigenvalue weighted by molar-refractivity contribution is 0.140. The predicted molar refractivity (Wildman–Crippen MR) is 117 cm³/mol. The molecule has 0 saturated heterocycles. The van der Waals surface area contributed by atoms with Gasteiger partial charge in [0, 0.05) is 30.6 Å². The fourth-order valence-corrected chi connectivity index (χ4v) is 4.03. The Hall–Kier alpha value is -3.17. The van der Waals surface area contributed by atoms with Gasteiger partial charge in [-0.1, -0.05) is 72.8 Å². The average Bonchev–Trinajstić information content (AvgIpc) is 2.92. The number of hydrogen-bond donors (Lipinski definition) is 0. The normalized spacial score (nSPS) is 16.8. The second kappa shape index (κ2) is 7.69. The summed E-state index contributed by atoms with van der Waals surface area (Å²) in [5.74, 6) is 0.757. The van der Waals surface area contributed by atoms with Gasteiger partial charge in [0.25, 0.3) is 0 Å². The number of nitrogens with zero attached hydrogens (tertiary/aromatic N) is 2. The zero-order valence-electron chi connectivity index (χ0n) is 16.6. The van der Waals surface area contributed by atoms with Gasteiger partial charge in [-0.3, -0.25) is 4.90 Å². The molecule has 2 heterocycles. The zero-order valence-corrected chi connectivity index (χ0v) is 16.6. The van der Waals surface area contributed by atoms with Gasteiger partial charge in [0.2, 0.25) is 5.88 Å². The molecule has 144 valence electrons. The van der Waals surface area contributed by atoms with Gasteiger partial charge < -0.3 is 4.74 Å². The molecule has 29 heavy (non-hydrogen) atoms. The number of hydrogen-bond acceptors (Lipinski definition) is 3. The SMILES string of the molecule is Cc1ccc2cc3c(nc2c1)O[C@@H](c1ccccc1)CN(Cc1ccccc1)C3. The Bertz CT molecular complexity index is 1130. The maximum absolute atomic E-state index is 6.51. The van der Waals surface area contributed by atoms with Gasteiger partial charge in [0.1, 0.15) is 6.10 Å². The molecule has 0 bridgehead atoms. The number of fused-ring (bicyclic) bond motifs is 2. The first-order valence-corrected chi connectivity index (χ1v) is 10.1. The van der Waals surface area contributed by atoms with Crippen molar-refractivity contribution < 1.29 is 4.74 Å². The number of rotatable bonds is 3. The number of benzene rings is 3. The lowest BCUT2D eigenvalue weighted by Crippen LogP contribution is -2.27. The Morgan fingerprint density at radius 1 is 0.931 bits per heavy atom. The van der Waals surface area contributed by atoms with E-state index >= 15 is 0 Å². The molecule has 5 rings (SSSR count). The molecule has 3 heteroatoms. The molecule has 1 atom stereocenters. The van der Waals surface area contributed by atoms with Gasteiger partial charge in [0.15, 0.2) is 0 Å². The molecule has 1 aliphatic rings. The molecule has 0 spiro atoms. The molecular formula is C26H24N2O. The van der Waals surface area contributed by atoms with Crippen LogP contribution in [0.15, 0.2) is 84.9 Å². The summed E-state index contributed by atoms with van der Waals surface area (Å²) < 4.78 is 6.51. The van der Waals surface area contributed by atoms with E-state index in [2.05, 4.69) is 90.7 Å². The number of aryl methyl sites for hydroxylation is 1. The van der Waals surface area contributed by atoms with E-state index in [0.29, 0.717) is 0 Å². The van der Waals surface area contributed by atoms with Crippen molar-refractivity contribution in [2.75, 3.05) is 6.54 Å². The van der Waals surface area contributed by atoms with Crippen LogP contribution in [0.4, 0.5) is 0 Å². The van der Waals surface area contributed by atoms with E-state index in [-0.39, 0.29) is 6.10 Å². The Balaban J connectivity index is 1.56. The summed E-state index contributed by atoms with van der Waals surface area (Å²) >= 11 is 0. The average molecular weight is 380 g/mol. The Morgan fingerprint density at radius 3 is 2.48 bits per heavy atom. The van der Waals surface area contributed by atoms with E-state index in [1.54, 1.807) is 0 Å². The highest BCUT2D eigenvalue weighted by Gasteiger charge is 2.25. The van der Waals surface area contributed by atoms with Gasteiger partial charge in [0.05, 0.1) is 5.52 Å². The molecule has 1 aromatic heterocycles. The van der Waals surface area contributed by atoms with Gasteiger partial charge in [-0.2, -0.15) is 0 Å². The van der Waals surface area contributed by atoms with Crippen LogP contribution in [0.25, 0.3) is 10.9 Å². The van der Waals surface area contributed by atoms with Crippen molar-refractivity contribution in [3.63, 3.8) is 0 Å². The lowest BCUT2D eigenvalue weighted by atomic mass is 10.1. The predicted octanol–water partition coefficient (Wildman–Crippen LogP) is 5.68. The smallest absolute Gasteiger partial charge is 0.219 e. The van der Waals surface area contributed by atoms with Crippen LogP contribution < -0.4 is 4.74 Å². The molecule has 1 aliphatic heterocycles. The largest absolute Gasteiger partial charge is 0.468 e. The quantitative estimate of drug-likeness (QED) is 0.457. The summed E-state index contributed by atoms with van der Waals surface area (Å²) in [5.41, 5.74) is 5.85. The Kier molecular flexibility index (Phi) is 4.74. The van der Waals surface area contributed by atoms with E-state index in [0.717, 1.165) is 42.0 Å². The first kappa shape index (κ1) is 17.9. The van der Waals surface area contributed by atoms with Gasteiger partial charge in [-0.05, 0) is 35.7 Å². The molecule has 4 aromatic rings. The third-order valence-corrected chi connectivity index (χ3v) is 5.50. The van der Waals surface area contributed by atoms with Crippen LogP contribution in [0.3, 0.4) is 0 Å². The highest BCUT2D eigenvalue weighted by molar-refractivity contribution is 5.80. The molecule has 0 N–H and O–H groups in total. The monoisotopic (exact) mass is 380 g/mol. The highest BCUT2D eigenvalue weighted by Crippen LogP contribution is 2.32. The van der Waals surface area contributed by atoms with Gasteiger partial charge in [-0.15, -0.1) is 0 Å². The number of aromatic nitrogens is 1. The maximum atomic E-state index is 6.51. The fourth-order valence-electron chi connectivity index (χ4n) is 4.03. The molecule has 0 fully saturated rings. The van der Waals surface area contributed by atoms with Crippen molar-refractivity contribution in [1.29, 1.82) is 0 Å². The van der Waals surface area contributed by atoms with Crippen LogP contribution in [0.2, 0.25) is 0 Å². The van der Waals surface area contributed by atoms with Crippen LogP contribution in [-0.2, 0) is 13.1 Å². The highest BCUT2D eigenvalue weighted by atomic mass is 16.5. The van der Waals surface area contributed by atoms with Crippen molar-refractivity contribution >= 4 is 10.9 Å². The second-order valence-corrected chi connectivity index (χ2v) is 7.82. The molecule has 3 nitrogen and oxygen atoms in total. The van der Waals surface area contributed by atoms with Crippen molar-refractivity contribution in [3.05, 3.63) is 107 Å². The maximum Gasteiger partial charge on any atom is 0.219 e. The topological polar surface area (TPSA) is 25.4 Å². The molecule has 0 radical (unpaired) electrons. The lowest BCUT2D eigenvalue weighted by Gasteiger charge is -2.24. The van der Waals surface area contributed by atoms with E-state index in [4.69, 9.17) is 9.72 Å². The van der Waals surface area contributed by atoms with Crippen molar-refractivity contribution in [1.82, 2.24) is 9.88 Å². The zero-order chi connectivity index (χ0) is 19.6. The summed E-state index contributed by atoms with van der Waals surface area (Å²) in [5, 5.41) is 1.16. The standard InChI is InChI=1S/C26H24N2O/c1-19-12-13-22-15-23-17-28(16-20-8-4-2-5-9-20)18-25(21-10-6-3-7-11-21)29-26(23)27-24(22)14-19/h2-15,25H,16-18H2,1H3/t25-/m1/s1. The number of pyridine rings is 1. The van der Waals surface area contributed by atoms with Crippen LogP contribution in [0.5, 0.6) is 5.88 Å². The van der Waals surface area contributed by atoms with E-state index in [1.807, 2.05) is 6.07 Å². The Labute approximate surface area is 171 Å². The van der Waals surface area contributed by atoms with Crippen molar-refractivity contribution in [3.8, 4) is 5.88 Å². The van der Waals surface area contributed by atoms with E-state index in [1.165, 1.54) is 16.7 Å². The minimum atomic E-state index is -0.0454. The van der Waals surface area contributed by atoms with Crippen LogP contribution in [-0.4, -0.2) is 16.4 Å². The van der Waals surface area contributed by atoms with Crippen LogP contribution in [0.1, 0.15) is 28.4 Å². The van der Waals surface area contributed by atoms with Gasteiger partial charge in [-0.25, -0.2) is 4.98 Å². The first-order valence-electron chi connectivity index (χ1n) is 10.1. The minimum absolute atomic E-state index is 0.0454. The molecule has 0 unspecified atom stereocenters. The van der Waals surface area contributed by atoms with Crippen LogP contribution in [0, 0.1) is 6.92 Å². The van der Waals surface area contributed by atoms with E-state index < -0.39 is 0 Å². The minimum Gasteiger partial charge on any atom is -0.468 e. The molecule has 0 saturated carbocycles. The summed E-state index contributed by atoms with van der Waals surface area (Å²) in [6.07, 6.45) is -0.0454. The first-order chi connectivity index (χ1) is 14.2. The molecule has 0 amide bonds. The molecule has 0 aliphatic carbocycles. The third-order valence-electron chi connectivity index (χ3n) is 5.50. The van der Waals surface area contributed by atoms with Crippen LogP contribution >= 0.6 is 0 Å². The van der Waals surface area contributed by atoms with Crippen molar-refractivity contribution in [2.45, 2.75) is 26.1 Å². The summed E-state index contributed by atoms with van der Waals surface area (Å²) in [6, 6.07) is 29.8. The van der Waals surface area contributed by atoms with Gasteiger partial charge >= 0.3 is 0 Å². The van der Waals surface area contributed by atoms with Crippen molar-refractivity contribution in [2.24, 2.45) is 0 Å². The molecule has 3 aromatic carbocycles.